The number of allylic oxidation sites excluding steroid dienone is 10. The van der Waals surface area contributed by atoms with Gasteiger partial charge in [-0.2, -0.15) is 0 Å². The largest absolute Gasteiger partial charge is 0.480 e. The third-order valence-electron chi connectivity index (χ3n) is 6.11. The summed E-state index contributed by atoms with van der Waals surface area (Å²) in [6.07, 6.45) is 29.1. The molecule has 0 fully saturated rings. The Balaban J connectivity index is 4.68. The van der Waals surface area contributed by atoms with E-state index in [1.54, 1.807) is 0 Å². The summed E-state index contributed by atoms with van der Waals surface area (Å²) in [6, 6.07) is -1.53. The highest BCUT2D eigenvalue weighted by Crippen LogP contribution is 2.43. The minimum absolute atomic E-state index is 0.105. The van der Waals surface area contributed by atoms with E-state index in [0.717, 1.165) is 38.5 Å². The summed E-state index contributed by atoms with van der Waals surface area (Å²) in [5, 5.41) is 8.81. The van der Waals surface area contributed by atoms with Crippen LogP contribution in [0.25, 0.3) is 0 Å². The van der Waals surface area contributed by atoms with Crippen LogP contribution in [0.2, 0.25) is 0 Å². The number of phosphoric acid groups is 1. The van der Waals surface area contributed by atoms with Crippen LogP contribution in [0.15, 0.2) is 60.8 Å². The maximum atomic E-state index is 12.4. The van der Waals surface area contributed by atoms with E-state index in [4.69, 9.17) is 24.8 Å². The molecule has 0 aliphatic carbocycles. The summed E-state index contributed by atoms with van der Waals surface area (Å²) < 4.78 is 32.2. The van der Waals surface area contributed by atoms with Gasteiger partial charge < -0.3 is 25.2 Å². The number of carbonyl (C=O) groups excluding carboxylic acids is 2. The van der Waals surface area contributed by atoms with Crippen molar-refractivity contribution in [1.82, 2.24) is 0 Å². The molecule has 2 unspecified atom stereocenters. The fraction of sp³-hybridized carbons (Fsp3) is 0.606. The Kier molecular flexibility index (Phi) is 26.8. The minimum Gasteiger partial charge on any atom is -0.480 e. The highest BCUT2D eigenvalue weighted by Gasteiger charge is 2.28. The lowest BCUT2D eigenvalue weighted by atomic mass is 10.1. The SMILES string of the molecule is CC/C=C/C=C/C=C/C=C/CCCCCC(=O)OC(COC(=O)CC/C=C/CCCCCC)COP(=O)(O)OC[C@H](N)C(=O)O. The summed E-state index contributed by atoms with van der Waals surface area (Å²) in [4.78, 5) is 45.3. The number of phosphoric ester groups is 1. The Bertz CT molecular complexity index is 1010. The average molecular weight is 656 g/mol. The summed E-state index contributed by atoms with van der Waals surface area (Å²) >= 11 is 0. The van der Waals surface area contributed by atoms with Crippen molar-refractivity contribution in [2.75, 3.05) is 19.8 Å². The quantitative estimate of drug-likeness (QED) is 0.0264. The lowest BCUT2D eigenvalue weighted by molar-refractivity contribution is -0.161. The van der Waals surface area contributed by atoms with E-state index in [0.29, 0.717) is 12.8 Å². The fourth-order valence-corrected chi connectivity index (χ4v) is 4.34. The van der Waals surface area contributed by atoms with Gasteiger partial charge in [0.2, 0.25) is 0 Å². The molecular formula is C33H54NO10P. The molecule has 256 valence electrons. The van der Waals surface area contributed by atoms with Crippen molar-refractivity contribution in [1.29, 1.82) is 0 Å². The topological polar surface area (TPSA) is 172 Å². The normalized spacial score (nSPS) is 14.9. The molecule has 3 atom stereocenters. The second-order valence-corrected chi connectivity index (χ2v) is 11.7. The van der Waals surface area contributed by atoms with Crippen LogP contribution in [-0.4, -0.2) is 59.9 Å². The lowest BCUT2D eigenvalue weighted by Crippen LogP contribution is -2.34. The van der Waals surface area contributed by atoms with Gasteiger partial charge in [-0.3, -0.25) is 23.4 Å². The second-order valence-electron chi connectivity index (χ2n) is 10.3. The molecule has 0 bridgehead atoms. The van der Waals surface area contributed by atoms with Gasteiger partial charge in [0.05, 0.1) is 13.2 Å². The molecule has 11 nitrogen and oxygen atoms in total. The number of unbranched alkanes of at least 4 members (excludes halogenated alkanes) is 7. The van der Waals surface area contributed by atoms with E-state index < -0.39 is 51.1 Å². The predicted octanol–water partition coefficient (Wildman–Crippen LogP) is 6.88. The van der Waals surface area contributed by atoms with Crippen molar-refractivity contribution in [2.45, 2.75) is 109 Å². The van der Waals surface area contributed by atoms with E-state index in [9.17, 15) is 23.8 Å². The molecule has 0 saturated heterocycles. The van der Waals surface area contributed by atoms with E-state index in [1.165, 1.54) is 19.3 Å². The summed E-state index contributed by atoms with van der Waals surface area (Å²) in [7, 11) is -4.72. The Labute approximate surface area is 268 Å². The van der Waals surface area contributed by atoms with E-state index in [1.807, 2.05) is 54.7 Å². The number of ether oxygens (including phenoxy) is 2. The van der Waals surface area contributed by atoms with Crippen LogP contribution < -0.4 is 5.73 Å². The Morgan fingerprint density at radius 2 is 1.31 bits per heavy atom. The van der Waals surface area contributed by atoms with Crippen molar-refractivity contribution >= 4 is 25.7 Å². The second kappa shape index (κ2) is 28.6. The van der Waals surface area contributed by atoms with Gasteiger partial charge in [0.25, 0.3) is 0 Å². The number of carbonyl (C=O) groups is 3. The Hall–Kier alpha value is -2.82. The summed E-state index contributed by atoms with van der Waals surface area (Å²) in [5.41, 5.74) is 5.28. The third kappa shape index (κ3) is 28.4. The standard InChI is InChI=1S/C33H54NO10P/c1-3-5-7-9-11-13-14-15-16-17-19-21-23-25-32(36)44-29(27-42-45(39,40)43-28-30(34)33(37)38)26-41-31(35)24-22-20-18-12-10-8-6-4-2/h5,7,9,11,13-16,18,20,29-30H,3-4,6,8,10,12,17,19,21-28,34H2,1-2H3,(H,37,38)(H,39,40)/b7-5+,11-9+,14-13+,16-15+,20-18+/t29?,30-/m0/s1. The number of aliphatic carboxylic acids is 1. The molecule has 0 spiro atoms. The number of carboxylic acids is 1. The zero-order valence-electron chi connectivity index (χ0n) is 26.9. The van der Waals surface area contributed by atoms with Crippen LogP contribution in [0.3, 0.4) is 0 Å². The van der Waals surface area contributed by atoms with Gasteiger partial charge in [0.15, 0.2) is 6.10 Å². The van der Waals surface area contributed by atoms with E-state index in [2.05, 4.69) is 24.4 Å². The molecular weight excluding hydrogens is 601 g/mol. The maximum Gasteiger partial charge on any atom is 0.472 e. The highest BCUT2D eigenvalue weighted by atomic mass is 31.2. The summed E-state index contributed by atoms with van der Waals surface area (Å²) in [6.45, 7) is 2.46. The van der Waals surface area contributed by atoms with Gasteiger partial charge in [-0.15, -0.1) is 0 Å². The van der Waals surface area contributed by atoms with Crippen LogP contribution in [0.1, 0.15) is 97.3 Å². The van der Waals surface area contributed by atoms with E-state index in [-0.39, 0.29) is 19.4 Å². The Morgan fingerprint density at radius 1 is 0.711 bits per heavy atom. The molecule has 0 radical (unpaired) electrons. The van der Waals surface area contributed by atoms with Crippen LogP contribution in [0, 0.1) is 0 Å². The lowest BCUT2D eigenvalue weighted by Gasteiger charge is -2.20. The molecule has 0 aliphatic heterocycles. The van der Waals surface area contributed by atoms with Crippen LogP contribution in [0.5, 0.6) is 0 Å². The van der Waals surface area contributed by atoms with Crippen molar-refractivity contribution in [2.24, 2.45) is 5.73 Å². The van der Waals surface area contributed by atoms with Gasteiger partial charge >= 0.3 is 25.7 Å². The maximum absolute atomic E-state index is 12.4. The monoisotopic (exact) mass is 655 g/mol. The van der Waals surface area contributed by atoms with Gasteiger partial charge in [-0.25, -0.2) is 4.57 Å². The first-order valence-electron chi connectivity index (χ1n) is 15.9. The molecule has 0 aliphatic rings. The molecule has 4 N–H and O–H groups in total. The molecule has 0 saturated carbocycles. The third-order valence-corrected chi connectivity index (χ3v) is 7.06. The molecule has 0 rings (SSSR count). The first-order chi connectivity index (χ1) is 21.6. The Morgan fingerprint density at radius 3 is 1.98 bits per heavy atom. The zero-order valence-corrected chi connectivity index (χ0v) is 27.8. The smallest absolute Gasteiger partial charge is 0.472 e. The molecule has 0 aromatic heterocycles. The first kappa shape index (κ1) is 42.2. The van der Waals surface area contributed by atoms with Crippen LogP contribution in [-0.2, 0) is 37.5 Å². The number of carboxylic acid groups (broad SMARTS) is 1. The van der Waals surface area contributed by atoms with Gasteiger partial charge in [0.1, 0.15) is 12.6 Å². The molecule has 12 heteroatoms. The predicted molar refractivity (Wildman–Crippen MR) is 175 cm³/mol. The zero-order chi connectivity index (χ0) is 33.6. The number of hydrogen-bond acceptors (Lipinski definition) is 9. The molecule has 0 aromatic carbocycles. The van der Waals surface area contributed by atoms with Gasteiger partial charge in [-0.05, 0) is 44.9 Å². The van der Waals surface area contributed by atoms with Crippen LogP contribution >= 0.6 is 7.82 Å². The number of hydrogen-bond donors (Lipinski definition) is 3. The van der Waals surface area contributed by atoms with Gasteiger partial charge in [-0.1, -0.05) is 100 Å². The van der Waals surface area contributed by atoms with E-state index >= 15 is 0 Å². The summed E-state index contributed by atoms with van der Waals surface area (Å²) in [5.74, 6) is -2.51. The molecule has 45 heavy (non-hydrogen) atoms. The first-order valence-corrected chi connectivity index (χ1v) is 17.4. The van der Waals surface area contributed by atoms with Crippen molar-refractivity contribution in [3.63, 3.8) is 0 Å². The van der Waals surface area contributed by atoms with Gasteiger partial charge in [0, 0.05) is 12.8 Å². The van der Waals surface area contributed by atoms with Crippen LogP contribution in [0.4, 0.5) is 0 Å². The van der Waals surface area contributed by atoms with Crippen molar-refractivity contribution in [3.05, 3.63) is 60.8 Å². The van der Waals surface area contributed by atoms with Crippen molar-refractivity contribution < 1.29 is 47.5 Å². The molecule has 0 amide bonds. The molecule has 0 aromatic rings. The minimum atomic E-state index is -4.72. The van der Waals surface area contributed by atoms with Crippen molar-refractivity contribution in [3.8, 4) is 0 Å². The fourth-order valence-electron chi connectivity index (χ4n) is 3.56. The average Bonchev–Trinajstić information content (AvgIpc) is 3.00. The number of esters is 2. The highest BCUT2D eigenvalue weighted by molar-refractivity contribution is 7.47. The number of nitrogens with two attached hydrogens (primary N) is 1. The molecule has 0 heterocycles. The number of rotatable bonds is 28.